The number of carbonyl (C=O) groups excluding carboxylic acids is 2. The molecule has 31 heavy (non-hydrogen) atoms. The van der Waals surface area contributed by atoms with Crippen LogP contribution in [0.25, 0.3) is 0 Å². The number of Topliss-reactive ketones (excluding diaryl/α,β-unsaturated/α-hetero) is 1. The highest BCUT2D eigenvalue weighted by Crippen LogP contribution is 2.29. The fourth-order valence-electron chi connectivity index (χ4n) is 3.78. The Labute approximate surface area is 191 Å². The van der Waals surface area contributed by atoms with Gasteiger partial charge < -0.3 is 9.72 Å². The molecule has 1 aliphatic heterocycles. The molecule has 8 nitrogen and oxygen atoms in total. The second kappa shape index (κ2) is 9.41. The first-order valence-corrected chi connectivity index (χ1v) is 12.6. The molecule has 2 aromatic heterocycles. The van der Waals surface area contributed by atoms with Crippen LogP contribution < -0.4 is 0 Å². The van der Waals surface area contributed by atoms with Crippen LogP contribution >= 0.6 is 22.9 Å². The Balaban J connectivity index is 1.70. The highest BCUT2D eigenvalue weighted by atomic mass is 35.5. The number of piperazine rings is 1. The van der Waals surface area contributed by atoms with Crippen molar-refractivity contribution in [2.75, 3.05) is 32.8 Å². The summed E-state index contributed by atoms with van der Waals surface area (Å²) in [5, 5.41) is 0. The van der Waals surface area contributed by atoms with E-state index in [0.29, 0.717) is 39.9 Å². The largest absolute Gasteiger partial charge is 0.462 e. The van der Waals surface area contributed by atoms with Gasteiger partial charge in [-0.05, 0) is 45.4 Å². The van der Waals surface area contributed by atoms with Crippen molar-refractivity contribution in [2.45, 2.75) is 37.9 Å². The minimum Gasteiger partial charge on any atom is -0.462 e. The zero-order valence-electron chi connectivity index (χ0n) is 17.9. The summed E-state index contributed by atoms with van der Waals surface area (Å²) in [4.78, 5) is 30.3. The summed E-state index contributed by atoms with van der Waals surface area (Å²) in [5.41, 5.74) is 1.94. The van der Waals surface area contributed by atoms with E-state index in [9.17, 15) is 18.0 Å². The van der Waals surface area contributed by atoms with Gasteiger partial charge in [0.1, 0.15) is 4.21 Å². The van der Waals surface area contributed by atoms with Crippen LogP contribution in [0.1, 0.15) is 46.0 Å². The highest BCUT2D eigenvalue weighted by Gasteiger charge is 2.34. The number of nitrogens with zero attached hydrogens (tertiary/aromatic N) is 2. The maximum Gasteiger partial charge on any atom is 0.340 e. The number of sulfonamides is 1. The number of ether oxygens (including phenoxy) is 1. The number of aromatic amines is 1. The minimum absolute atomic E-state index is 0.141. The first-order valence-electron chi connectivity index (χ1n) is 9.98. The molecular formula is C20H26ClN3O5S2. The van der Waals surface area contributed by atoms with Crippen LogP contribution in [-0.2, 0) is 14.8 Å². The summed E-state index contributed by atoms with van der Waals surface area (Å²) < 4.78 is 32.7. The van der Waals surface area contributed by atoms with Gasteiger partial charge in [0.25, 0.3) is 10.0 Å². The van der Waals surface area contributed by atoms with Crippen LogP contribution in [0, 0.1) is 13.8 Å². The Morgan fingerprint density at radius 2 is 1.87 bits per heavy atom. The van der Waals surface area contributed by atoms with Gasteiger partial charge in [-0.2, -0.15) is 4.31 Å². The highest BCUT2D eigenvalue weighted by molar-refractivity contribution is 7.91. The summed E-state index contributed by atoms with van der Waals surface area (Å²) in [6.07, 6.45) is 0. The Hall–Kier alpha value is -1.72. The summed E-state index contributed by atoms with van der Waals surface area (Å²) in [7, 11) is -3.59. The van der Waals surface area contributed by atoms with Gasteiger partial charge in [-0.3, -0.25) is 9.69 Å². The summed E-state index contributed by atoms with van der Waals surface area (Å²) in [6.45, 7) is 8.67. The number of hydrogen-bond acceptors (Lipinski definition) is 7. The number of ketones is 1. The molecule has 1 N–H and O–H groups in total. The van der Waals surface area contributed by atoms with Crippen molar-refractivity contribution in [1.82, 2.24) is 14.2 Å². The molecule has 0 aromatic carbocycles. The Morgan fingerprint density at radius 3 is 2.42 bits per heavy atom. The topological polar surface area (TPSA) is 99.8 Å². The van der Waals surface area contributed by atoms with E-state index in [-0.39, 0.29) is 29.7 Å². The van der Waals surface area contributed by atoms with Crippen molar-refractivity contribution in [3.63, 3.8) is 0 Å². The molecule has 0 saturated carbocycles. The lowest BCUT2D eigenvalue weighted by molar-refractivity contribution is 0.0525. The maximum atomic E-state index is 13.1. The van der Waals surface area contributed by atoms with E-state index in [4.69, 9.17) is 16.3 Å². The minimum atomic E-state index is -3.59. The van der Waals surface area contributed by atoms with Gasteiger partial charge in [-0.15, -0.1) is 11.3 Å². The number of nitrogens with one attached hydrogen (secondary N) is 1. The normalized spacial score (nSPS) is 16.9. The van der Waals surface area contributed by atoms with Crippen molar-refractivity contribution in [3.05, 3.63) is 39.0 Å². The molecule has 3 rings (SSSR count). The molecule has 0 unspecified atom stereocenters. The lowest BCUT2D eigenvalue weighted by atomic mass is 10.0. The van der Waals surface area contributed by atoms with Crippen molar-refractivity contribution in [3.8, 4) is 0 Å². The van der Waals surface area contributed by atoms with Gasteiger partial charge in [0.15, 0.2) is 5.78 Å². The molecule has 1 atom stereocenters. The van der Waals surface area contributed by atoms with Gasteiger partial charge in [-0.25, -0.2) is 13.2 Å². The van der Waals surface area contributed by atoms with Crippen molar-refractivity contribution >= 4 is 44.7 Å². The van der Waals surface area contributed by atoms with E-state index >= 15 is 0 Å². The zero-order valence-corrected chi connectivity index (χ0v) is 20.3. The number of aromatic nitrogens is 1. The van der Waals surface area contributed by atoms with E-state index < -0.39 is 22.0 Å². The number of carbonyl (C=O) groups is 2. The second-order valence-corrected chi connectivity index (χ2v) is 11.3. The molecule has 1 saturated heterocycles. The summed E-state index contributed by atoms with van der Waals surface area (Å²) >= 11 is 6.92. The molecule has 3 heterocycles. The molecule has 11 heteroatoms. The van der Waals surface area contributed by atoms with Crippen LogP contribution in [0.2, 0.25) is 4.34 Å². The lowest BCUT2D eigenvalue weighted by Gasteiger charge is -2.36. The fraction of sp³-hybridized carbons (Fsp3) is 0.500. The van der Waals surface area contributed by atoms with E-state index in [0.717, 1.165) is 11.3 Å². The molecule has 0 bridgehead atoms. The molecule has 0 aliphatic carbocycles. The van der Waals surface area contributed by atoms with E-state index in [1.807, 2.05) is 4.90 Å². The molecule has 2 aromatic rings. The predicted molar refractivity (Wildman–Crippen MR) is 120 cm³/mol. The second-order valence-electron chi connectivity index (χ2n) is 7.38. The molecule has 0 amide bonds. The number of halogens is 1. The average molecular weight is 488 g/mol. The SMILES string of the molecule is CCOC(=O)c1c(C)[nH]c(C(=O)[C@H](C)N2CCN(S(=O)(=O)c3ccc(Cl)s3)CC2)c1C. The number of aryl methyl sites for hydroxylation is 1. The van der Waals surface area contributed by atoms with Crippen molar-refractivity contribution in [1.29, 1.82) is 0 Å². The molecule has 170 valence electrons. The Morgan fingerprint density at radius 1 is 1.23 bits per heavy atom. The molecule has 1 aliphatic rings. The van der Waals surface area contributed by atoms with Crippen molar-refractivity contribution in [2.24, 2.45) is 0 Å². The number of rotatable bonds is 7. The van der Waals surface area contributed by atoms with Gasteiger partial charge >= 0.3 is 5.97 Å². The van der Waals surface area contributed by atoms with E-state index in [1.165, 1.54) is 10.4 Å². The molecule has 0 spiro atoms. The Bertz CT molecular complexity index is 1080. The number of hydrogen-bond donors (Lipinski definition) is 1. The van der Waals surface area contributed by atoms with Gasteiger partial charge in [-0.1, -0.05) is 11.6 Å². The van der Waals surface area contributed by atoms with Crippen LogP contribution in [0.15, 0.2) is 16.3 Å². The lowest BCUT2D eigenvalue weighted by Crippen LogP contribution is -2.53. The monoisotopic (exact) mass is 487 g/mol. The van der Waals surface area contributed by atoms with Crippen LogP contribution in [0.3, 0.4) is 0 Å². The zero-order chi connectivity index (χ0) is 22.9. The van der Waals surface area contributed by atoms with Crippen molar-refractivity contribution < 1.29 is 22.7 Å². The maximum absolute atomic E-state index is 13.1. The third-order valence-electron chi connectivity index (χ3n) is 5.51. The van der Waals surface area contributed by atoms with E-state index in [2.05, 4.69) is 4.98 Å². The van der Waals surface area contributed by atoms with Gasteiger partial charge in [0, 0.05) is 31.9 Å². The van der Waals surface area contributed by atoms with Crippen LogP contribution in [0.4, 0.5) is 0 Å². The van der Waals surface area contributed by atoms with Gasteiger partial charge in [0.05, 0.1) is 28.2 Å². The van der Waals surface area contributed by atoms with Crippen LogP contribution in [0.5, 0.6) is 0 Å². The fourth-order valence-corrected chi connectivity index (χ4v) is 6.83. The van der Waals surface area contributed by atoms with Crippen LogP contribution in [-0.4, -0.2) is 73.2 Å². The summed E-state index contributed by atoms with van der Waals surface area (Å²) in [5.74, 6) is -0.592. The first kappa shape index (κ1) is 23.9. The molecular weight excluding hydrogens is 462 g/mol. The number of esters is 1. The number of thiophene rings is 1. The Kier molecular flexibility index (Phi) is 7.27. The number of H-pyrrole nitrogens is 1. The molecule has 0 radical (unpaired) electrons. The third kappa shape index (κ3) is 4.73. The molecule has 1 fully saturated rings. The first-order chi connectivity index (χ1) is 14.6. The summed E-state index contributed by atoms with van der Waals surface area (Å²) in [6, 6.07) is 2.62. The van der Waals surface area contributed by atoms with E-state index in [1.54, 1.807) is 33.8 Å². The smallest absolute Gasteiger partial charge is 0.340 e. The third-order valence-corrected chi connectivity index (χ3v) is 9.10. The van der Waals surface area contributed by atoms with Gasteiger partial charge in [0.2, 0.25) is 0 Å². The predicted octanol–water partition coefficient (Wildman–Crippen LogP) is 3.10. The standard InChI is InChI=1S/C20H26ClN3O5S2/c1-5-29-20(26)17-12(2)18(22-13(17)3)19(25)14(4)23-8-10-24(11-9-23)31(27,28)16-7-6-15(21)30-16/h6-7,14,22H,5,8-11H2,1-4H3/t14-/m0/s1. The average Bonchev–Trinajstić information content (AvgIpc) is 3.30. The quantitative estimate of drug-likeness (QED) is 0.476.